The van der Waals surface area contributed by atoms with Crippen molar-refractivity contribution >= 4 is 33.5 Å². The van der Waals surface area contributed by atoms with Crippen molar-refractivity contribution in [3.63, 3.8) is 0 Å². The molecule has 11 heteroatoms. The average Bonchev–Trinajstić information content (AvgIpc) is 3.46. The summed E-state index contributed by atoms with van der Waals surface area (Å²) < 4.78 is 4.29. The number of aliphatic hydroxyl groups is 1. The highest BCUT2D eigenvalue weighted by molar-refractivity contribution is 9.10. The first kappa shape index (κ1) is 20.6. The third kappa shape index (κ3) is 4.34. The lowest BCUT2D eigenvalue weighted by Gasteiger charge is -2.28. The summed E-state index contributed by atoms with van der Waals surface area (Å²) in [6.07, 6.45) is 8.38. The van der Waals surface area contributed by atoms with Gasteiger partial charge in [0.25, 0.3) is 0 Å². The Hall–Kier alpha value is -3.31. The van der Waals surface area contributed by atoms with Gasteiger partial charge in [0, 0.05) is 43.8 Å². The van der Waals surface area contributed by atoms with E-state index < -0.39 is 0 Å². The number of hydrogen-bond donors (Lipinski definition) is 2. The van der Waals surface area contributed by atoms with Gasteiger partial charge in [-0.1, -0.05) is 0 Å². The second-order valence-corrected chi connectivity index (χ2v) is 8.53. The van der Waals surface area contributed by atoms with Crippen LogP contribution in [0.5, 0.6) is 0 Å². The molecule has 164 valence electrons. The maximum absolute atomic E-state index is 9.68. The molecule has 0 spiro atoms. The van der Waals surface area contributed by atoms with E-state index in [1.54, 1.807) is 28.1 Å². The van der Waals surface area contributed by atoms with Crippen molar-refractivity contribution < 1.29 is 5.11 Å². The summed E-state index contributed by atoms with van der Waals surface area (Å²) in [4.78, 5) is 15.5. The minimum Gasteiger partial charge on any atom is -0.393 e. The number of rotatable bonds is 5. The molecule has 4 aromatic rings. The van der Waals surface area contributed by atoms with Gasteiger partial charge in [0.1, 0.15) is 6.33 Å². The maximum atomic E-state index is 9.68. The molecule has 1 aromatic carbocycles. The Kier molecular flexibility index (Phi) is 5.58. The number of hydrogen-bond acceptors (Lipinski definition) is 8. The zero-order valence-corrected chi connectivity index (χ0v) is 19.0. The third-order valence-electron chi connectivity index (χ3n) is 5.34. The Morgan fingerprint density at radius 2 is 1.88 bits per heavy atom. The van der Waals surface area contributed by atoms with Gasteiger partial charge in [-0.15, -0.1) is 5.10 Å². The van der Waals surface area contributed by atoms with E-state index in [4.69, 9.17) is 0 Å². The van der Waals surface area contributed by atoms with Gasteiger partial charge in [-0.2, -0.15) is 10.1 Å². The fourth-order valence-corrected chi connectivity index (χ4v) is 4.01. The first-order chi connectivity index (χ1) is 15.5. The number of halogens is 1. The van der Waals surface area contributed by atoms with Gasteiger partial charge in [0.15, 0.2) is 0 Å². The topological polar surface area (TPSA) is 110 Å². The lowest BCUT2D eigenvalue weighted by atomic mass is 10.1. The van der Waals surface area contributed by atoms with E-state index in [0.717, 1.165) is 53.0 Å². The quantitative estimate of drug-likeness (QED) is 0.434. The molecular weight excluding hydrogens is 474 g/mol. The predicted octanol–water partition coefficient (Wildman–Crippen LogP) is 2.93. The molecule has 0 unspecified atom stereocenters. The van der Waals surface area contributed by atoms with Crippen molar-refractivity contribution in [2.24, 2.45) is 7.05 Å². The molecule has 0 aliphatic carbocycles. The van der Waals surface area contributed by atoms with Gasteiger partial charge < -0.3 is 15.3 Å². The molecule has 32 heavy (non-hydrogen) atoms. The first-order valence-corrected chi connectivity index (χ1v) is 11.1. The fourth-order valence-electron chi connectivity index (χ4n) is 3.59. The molecule has 1 fully saturated rings. The summed E-state index contributed by atoms with van der Waals surface area (Å²) in [5.41, 5.74) is 3.44. The highest BCUT2D eigenvalue weighted by atomic mass is 79.9. The second kappa shape index (κ2) is 8.67. The Morgan fingerprint density at radius 3 is 2.59 bits per heavy atom. The second-order valence-electron chi connectivity index (χ2n) is 7.67. The lowest BCUT2D eigenvalue weighted by Crippen LogP contribution is -2.36. The molecule has 10 nitrogen and oxygen atoms in total. The van der Waals surface area contributed by atoms with Crippen LogP contribution in [-0.2, 0) is 7.05 Å². The van der Waals surface area contributed by atoms with E-state index in [1.165, 1.54) is 0 Å². The van der Waals surface area contributed by atoms with E-state index in [1.807, 2.05) is 37.5 Å². The summed E-state index contributed by atoms with van der Waals surface area (Å²) in [5.74, 6) is 1.18. The molecule has 3 aromatic heterocycles. The van der Waals surface area contributed by atoms with E-state index in [0.29, 0.717) is 11.9 Å². The molecule has 0 atom stereocenters. The molecule has 4 heterocycles. The van der Waals surface area contributed by atoms with Crippen LogP contribution >= 0.6 is 15.9 Å². The minimum absolute atomic E-state index is 0.219. The van der Waals surface area contributed by atoms with Crippen molar-refractivity contribution in [2.45, 2.75) is 18.9 Å². The Morgan fingerprint density at radius 1 is 1.09 bits per heavy atom. The van der Waals surface area contributed by atoms with Gasteiger partial charge in [0.05, 0.1) is 28.2 Å². The summed E-state index contributed by atoms with van der Waals surface area (Å²) in [5, 5.41) is 21.7. The van der Waals surface area contributed by atoms with E-state index in [-0.39, 0.29) is 6.10 Å². The predicted molar refractivity (Wildman–Crippen MR) is 124 cm³/mol. The number of aryl methyl sites for hydroxylation is 1. The third-order valence-corrected chi connectivity index (χ3v) is 5.92. The summed E-state index contributed by atoms with van der Waals surface area (Å²) in [7, 11) is 1.87. The molecule has 0 radical (unpaired) electrons. The Bertz CT molecular complexity index is 1210. The first-order valence-electron chi connectivity index (χ1n) is 10.3. The summed E-state index contributed by atoms with van der Waals surface area (Å²) in [6, 6.07) is 7.81. The van der Waals surface area contributed by atoms with E-state index in [9.17, 15) is 5.11 Å². The highest BCUT2D eigenvalue weighted by Gasteiger charge is 2.20. The van der Waals surface area contributed by atoms with Crippen LogP contribution in [0.25, 0.3) is 16.9 Å². The molecule has 0 saturated carbocycles. The number of benzene rings is 1. The monoisotopic (exact) mass is 495 g/mol. The number of nitrogens with zero attached hydrogens (tertiary/aromatic N) is 8. The minimum atomic E-state index is -0.219. The SMILES string of the molecule is Cn1cc(-c2nc(Nc3ccc(-n4cnc(N5CCC(O)CC5)n4)cc3)ncc2Br)cn1. The van der Waals surface area contributed by atoms with Crippen LogP contribution in [-0.4, -0.2) is 58.8 Å². The fraction of sp³-hybridized carbons (Fsp3) is 0.286. The van der Waals surface area contributed by atoms with Crippen molar-refractivity contribution in [3.8, 4) is 16.9 Å². The van der Waals surface area contributed by atoms with E-state index in [2.05, 4.69) is 51.3 Å². The van der Waals surface area contributed by atoms with Gasteiger partial charge in [0.2, 0.25) is 11.9 Å². The molecule has 0 bridgehead atoms. The molecule has 5 rings (SSSR count). The van der Waals surface area contributed by atoms with Crippen molar-refractivity contribution in [1.82, 2.24) is 34.5 Å². The number of aromatic nitrogens is 7. The van der Waals surface area contributed by atoms with E-state index >= 15 is 0 Å². The molecular formula is C21H22BrN9O. The molecule has 1 saturated heterocycles. The van der Waals surface area contributed by atoms with Crippen LogP contribution in [0.3, 0.4) is 0 Å². The number of anilines is 3. The zero-order valence-electron chi connectivity index (χ0n) is 17.4. The number of piperidine rings is 1. The molecule has 0 amide bonds. The lowest BCUT2D eigenvalue weighted by molar-refractivity contribution is 0.145. The van der Waals surface area contributed by atoms with Crippen molar-refractivity contribution in [1.29, 1.82) is 0 Å². The average molecular weight is 496 g/mol. The van der Waals surface area contributed by atoms with Gasteiger partial charge in [-0.05, 0) is 53.0 Å². The van der Waals surface area contributed by atoms with Gasteiger partial charge >= 0.3 is 0 Å². The summed E-state index contributed by atoms with van der Waals surface area (Å²) >= 11 is 3.51. The van der Waals surface area contributed by atoms with Crippen LogP contribution in [0.15, 0.2) is 53.7 Å². The van der Waals surface area contributed by atoms with Crippen molar-refractivity contribution in [2.75, 3.05) is 23.3 Å². The largest absolute Gasteiger partial charge is 0.393 e. The summed E-state index contributed by atoms with van der Waals surface area (Å²) in [6.45, 7) is 1.53. The highest BCUT2D eigenvalue weighted by Crippen LogP contribution is 2.27. The van der Waals surface area contributed by atoms with Gasteiger partial charge in [-0.25, -0.2) is 14.6 Å². The Balaban J connectivity index is 1.30. The Labute approximate surface area is 193 Å². The van der Waals surface area contributed by atoms with Crippen LogP contribution in [0.1, 0.15) is 12.8 Å². The standard InChI is InChI=1S/C21H22BrN9O/c1-29-12-14(10-25-29)19-18(22)11-23-20(27-19)26-15-2-4-16(5-3-15)31-13-24-21(28-31)30-8-6-17(32)7-9-30/h2-5,10-13,17,32H,6-9H2,1H3,(H,23,26,27). The maximum Gasteiger partial charge on any atom is 0.245 e. The molecule has 2 N–H and O–H groups in total. The molecule has 1 aliphatic heterocycles. The van der Waals surface area contributed by atoms with Crippen LogP contribution < -0.4 is 10.2 Å². The number of nitrogens with one attached hydrogen (secondary N) is 1. The van der Waals surface area contributed by atoms with Crippen LogP contribution in [0, 0.1) is 0 Å². The smallest absolute Gasteiger partial charge is 0.245 e. The number of aliphatic hydroxyl groups excluding tert-OH is 1. The van der Waals surface area contributed by atoms with Gasteiger partial charge in [-0.3, -0.25) is 4.68 Å². The zero-order chi connectivity index (χ0) is 22.1. The molecule has 1 aliphatic rings. The van der Waals surface area contributed by atoms with Crippen LogP contribution in [0.4, 0.5) is 17.6 Å². The normalized spacial score (nSPS) is 14.7. The van der Waals surface area contributed by atoms with Crippen LogP contribution in [0.2, 0.25) is 0 Å². The van der Waals surface area contributed by atoms with Crippen molar-refractivity contribution in [3.05, 3.63) is 53.7 Å².